The van der Waals surface area contributed by atoms with Crippen LogP contribution in [0.1, 0.15) is 31.1 Å². The van der Waals surface area contributed by atoms with Gasteiger partial charge in [0.2, 0.25) is 0 Å². The van der Waals surface area contributed by atoms with Crippen LogP contribution in [0.15, 0.2) is 17.5 Å². The highest BCUT2D eigenvalue weighted by Gasteiger charge is 2.11. The molecule has 2 heterocycles. The fourth-order valence-corrected chi connectivity index (χ4v) is 1.82. The van der Waals surface area contributed by atoms with Gasteiger partial charge >= 0.3 is 0 Å². The maximum absolute atomic E-state index is 8.19. The summed E-state index contributed by atoms with van der Waals surface area (Å²) < 4.78 is 5.30. The first-order valence-corrected chi connectivity index (χ1v) is 5.80. The second-order valence-electron chi connectivity index (χ2n) is 3.13. The highest BCUT2D eigenvalue weighted by Crippen LogP contribution is 2.13. The molecule has 2 rings (SSSR count). The molecule has 0 aliphatic carbocycles. The van der Waals surface area contributed by atoms with Gasteiger partial charge in [0, 0.05) is 6.61 Å². The van der Waals surface area contributed by atoms with Crippen molar-refractivity contribution < 1.29 is 4.74 Å². The number of ether oxygens (including phenoxy) is 1. The summed E-state index contributed by atoms with van der Waals surface area (Å²) in [6.45, 7) is 3.18. The molecule has 0 radical (unpaired) electrons. The summed E-state index contributed by atoms with van der Waals surface area (Å²) in [7, 11) is 0. The number of rotatable bonds is 1. The molecule has 76 valence electrons. The molecule has 1 aliphatic heterocycles. The molecule has 0 saturated carbocycles. The van der Waals surface area contributed by atoms with Gasteiger partial charge in [-0.15, -0.1) is 11.3 Å². The lowest BCUT2D eigenvalue weighted by Gasteiger charge is -2.01. The van der Waals surface area contributed by atoms with Crippen LogP contribution in [0, 0.1) is 11.3 Å². The van der Waals surface area contributed by atoms with Gasteiger partial charge in [-0.2, -0.15) is 5.26 Å². The minimum atomic E-state index is 0.597. The Balaban J connectivity index is 0.000000140. The molecular formula is C11H15NOS. The molecule has 0 bridgehead atoms. The van der Waals surface area contributed by atoms with Gasteiger partial charge in [-0.05, 0) is 30.7 Å². The van der Waals surface area contributed by atoms with Crippen molar-refractivity contribution in [3.8, 4) is 6.07 Å². The molecule has 14 heavy (non-hydrogen) atoms. The Kier molecular flexibility index (Phi) is 5.28. The van der Waals surface area contributed by atoms with Crippen molar-refractivity contribution >= 4 is 11.3 Å². The molecule has 0 amide bonds. The van der Waals surface area contributed by atoms with Crippen molar-refractivity contribution in [1.29, 1.82) is 5.26 Å². The van der Waals surface area contributed by atoms with Crippen LogP contribution in [-0.4, -0.2) is 12.7 Å². The molecule has 2 nitrogen and oxygen atoms in total. The van der Waals surface area contributed by atoms with E-state index in [9.17, 15) is 0 Å². The largest absolute Gasteiger partial charge is 0.378 e. The molecule has 0 N–H and O–H groups in total. The van der Waals surface area contributed by atoms with E-state index in [1.807, 2.05) is 17.5 Å². The molecule has 0 spiro atoms. The number of nitriles is 1. The zero-order chi connectivity index (χ0) is 10.2. The number of thiophene rings is 1. The summed E-state index contributed by atoms with van der Waals surface area (Å²) in [5.41, 5.74) is 0. The van der Waals surface area contributed by atoms with Gasteiger partial charge in [-0.1, -0.05) is 13.0 Å². The Morgan fingerprint density at radius 3 is 2.86 bits per heavy atom. The molecule has 0 aromatic carbocycles. The third-order valence-electron chi connectivity index (χ3n) is 2.11. The highest BCUT2D eigenvalue weighted by molar-refractivity contribution is 7.10. The maximum atomic E-state index is 8.19. The lowest BCUT2D eigenvalue weighted by Crippen LogP contribution is -2.00. The topological polar surface area (TPSA) is 33.0 Å². The molecule has 1 aromatic heterocycles. The van der Waals surface area contributed by atoms with Crippen molar-refractivity contribution in [1.82, 2.24) is 0 Å². The second-order valence-corrected chi connectivity index (χ2v) is 4.08. The zero-order valence-electron chi connectivity index (χ0n) is 8.40. The van der Waals surface area contributed by atoms with Crippen LogP contribution < -0.4 is 0 Å². The second kappa shape index (κ2) is 6.58. The fraction of sp³-hybridized carbons (Fsp3) is 0.545. The molecular weight excluding hydrogens is 194 g/mol. The smallest absolute Gasteiger partial charge is 0.110 e. The van der Waals surface area contributed by atoms with Crippen molar-refractivity contribution in [3.63, 3.8) is 0 Å². The van der Waals surface area contributed by atoms with Gasteiger partial charge in [0.05, 0.1) is 6.10 Å². The predicted octanol–water partition coefficient (Wildman–Crippen LogP) is 3.20. The van der Waals surface area contributed by atoms with Crippen LogP contribution >= 0.6 is 11.3 Å². The van der Waals surface area contributed by atoms with Crippen molar-refractivity contribution in [2.24, 2.45) is 0 Å². The first-order chi connectivity index (χ1) is 6.86. The molecule has 1 saturated heterocycles. The highest BCUT2D eigenvalue weighted by atomic mass is 32.1. The summed E-state index contributed by atoms with van der Waals surface area (Å²) in [6.07, 6.45) is 4.36. The lowest BCUT2D eigenvalue weighted by atomic mass is 10.2. The first kappa shape index (κ1) is 11.2. The molecule has 1 atom stereocenters. The van der Waals surface area contributed by atoms with E-state index in [1.54, 1.807) is 6.07 Å². The monoisotopic (exact) mass is 209 g/mol. The van der Waals surface area contributed by atoms with E-state index in [2.05, 4.69) is 6.92 Å². The summed E-state index contributed by atoms with van der Waals surface area (Å²) in [6, 6.07) is 5.69. The normalized spacial score (nSPS) is 19.6. The Morgan fingerprint density at radius 1 is 1.71 bits per heavy atom. The Morgan fingerprint density at radius 2 is 2.57 bits per heavy atom. The number of nitrogens with zero attached hydrogens (tertiary/aromatic N) is 1. The summed E-state index contributed by atoms with van der Waals surface area (Å²) in [4.78, 5) is 0.778. The van der Waals surface area contributed by atoms with Gasteiger partial charge in [-0.3, -0.25) is 0 Å². The van der Waals surface area contributed by atoms with E-state index in [4.69, 9.17) is 10.00 Å². The minimum absolute atomic E-state index is 0.597. The Bertz CT molecular complexity index is 270. The molecule has 1 unspecified atom stereocenters. The summed E-state index contributed by atoms with van der Waals surface area (Å²) in [5.74, 6) is 0. The van der Waals surface area contributed by atoms with Gasteiger partial charge < -0.3 is 4.74 Å². The van der Waals surface area contributed by atoms with Gasteiger partial charge in [0.1, 0.15) is 10.9 Å². The Hall–Kier alpha value is -0.850. The molecule has 1 fully saturated rings. The van der Waals surface area contributed by atoms with Crippen LogP contribution in [0.3, 0.4) is 0 Å². The van der Waals surface area contributed by atoms with Gasteiger partial charge in [0.15, 0.2) is 0 Å². The van der Waals surface area contributed by atoms with E-state index in [-0.39, 0.29) is 0 Å². The number of hydrogen-bond donors (Lipinski definition) is 0. The maximum Gasteiger partial charge on any atom is 0.110 e. The average molecular weight is 209 g/mol. The third kappa shape index (κ3) is 3.91. The van der Waals surface area contributed by atoms with Crippen molar-refractivity contribution in [2.45, 2.75) is 32.3 Å². The summed E-state index contributed by atoms with van der Waals surface area (Å²) in [5, 5.41) is 10.1. The van der Waals surface area contributed by atoms with E-state index < -0.39 is 0 Å². The van der Waals surface area contributed by atoms with E-state index in [1.165, 1.54) is 30.6 Å². The zero-order valence-corrected chi connectivity index (χ0v) is 9.22. The van der Waals surface area contributed by atoms with Gasteiger partial charge in [0.25, 0.3) is 0 Å². The lowest BCUT2D eigenvalue weighted by molar-refractivity contribution is 0.108. The van der Waals surface area contributed by atoms with Crippen LogP contribution in [0.4, 0.5) is 0 Å². The van der Waals surface area contributed by atoms with Crippen LogP contribution in [0.25, 0.3) is 0 Å². The van der Waals surface area contributed by atoms with E-state index in [0.717, 1.165) is 11.5 Å². The number of hydrogen-bond acceptors (Lipinski definition) is 3. The average Bonchev–Trinajstić information content (AvgIpc) is 2.92. The quantitative estimate of drug-likeness (QED) is 0.711. The molecule has 3 heteroatoms. The fourth-order valence-electron chi connectivity index (χ4n) is 1.31. The minimum Gasteiger partial charge on any atom is -0.378 e. The van der Waals surface area contributed by atoms with Crippen LogP contribution in [0.5, 0.6) is 0 Å². The first-order valence-electron chi connectivity index (χ1n) is 4.92. The Labute approximate surface area is 89.1 Å². The van der Waals surface area contributed by atoms with Gasteiger partial charge in [-0.25, -0.2) is 0 Å². The van der Waals surface area contributed by atoms with Crippen molar-refractivity contribution in [3.05, 3.63) is 22.4 Å². The van der Waals surface area contributed by atoms with Crippen molar-refractivity contribution in [2.75, 3.05) is 6.61 Å². The van der Waals surface area contributed by atoms with Crippen LogP contribution in [-0.2, 0) is 4.74 Å². The van der Waals surface area contributed by atoms with E-state index >= 15 is 0 Å². The predicted molar refractivity (Wildman–Crippen MR) is 58.3 cm³/mol. The molecule has 1 aromatic rings. The standard InChI is InChI=1S/C6H12O.C5H3NS/c1-2-6-4-3-5-7-6;6-4-5-2-1-3-7-5/h6H,2-5H2,1H3;1-3H. The molecule has 1 aliphatic rings. The van der Waals surface area contributed by atoms with E-state index in [0.29, 0.717) is 6.10 Å². The SMILES string of the molecule is CCC1CCCO1.N#Cc1cccs1. The summed E-state index contributed by atoms with van der Waals surface area (Å²) >= 11 is 1.46. The van der Waals surface area contributed by atoms with Crippen LogP contribution in [0.2, 0.25) is 0 Å². The third-order valence-corrected chi connectivity index (χ3v) is 2.89.